The Bertz CT molecular complexity index is 1150. The SMILES string of the molecule is Cc1cc2nc(-c3cncn3C)cc(CCc3cscn3)c2cc1CCC#N. The number of pyridine rings is 1. The molecule has 1 aromatic carbocycles. The average Bonchev–Trinajstić information content (AvgIpc) is 3.36. The number of thiazole rings is 1. The second-order valence-electron chi connectivity index (χ2n) is 6.99. The topological polar surface area (TPSA) is 67.4 Å². The maximum absolute atomic E-state index is 8.97. The van der Waals surface area contributed by atoms with Crippen LogP contribution in [0.25, 0.3) is 22.3 Å². The molecule has 4 aromatic rings. The van der Waals surface area contributed by atoms with Crippen LogP contribution >= 0.6 is 11.3 Å². The van der Waals surface area contributed by atoms with Crippen molar-refractivity contribution in [3.8, 4) is 17.5 Å². The molecule has 0 aliphatic heterocycles. The van der Waals surface area contributed by atoms with E-state index in [4.69, 9.17) is 10.2 Å². The van der Waals surface area contributed by atoms with Crippen LogP contribution in [-0.2, 0) is 26.3 Å². The van der Waals surface area contributed by atoms with Crippen molar-refractivity contribution in [3.63, 3.8) is 0 Å². The third-order valence-corrected chi connectivity index (χ3v) is 5.71. The fraction of sp³-hybridized carbons (Fsp3) is 0.273. The van der Waals surface area contributed by atoms with Crippen molar-refractivity contribution in [1.29, 1.82) is 5.26 Å². The van der Waals surface area contributed by atoms with Crippen LogP contribution in [0.3, 0.4) is 0 Å². The summed E-state index contributed by atoms with van der Waals surface area (Å²) in [4.78, 5) is 13.6. The Morgan fingerprint density at radius 3 is 2.75 bits per heavy atom. The van der Waals surface area contributed by atoms with Crippen molar-refractivity contribution in [2.24, 2.45) is 7.05 Å². The van der Waals surface area contributed by atoms with E-state index in [0.29, 0.717) is 6.42 Å². The van der Waals surface area contributed by atoms with E-state index < -0.39 is 0 Å². The van der Waals surface area contributed by atoms with Gasteiger partial charge in [0.15, 0.2) is 0 Å². The van der Waals surface area contributed by atoms with Gasteiger partial charge in [-0.1, -0.05) is 0 Å². The van der Waals surface area contributed by atoms with Crippen molar-refractivity contribution in [1.82, 2.24) is 19.5 Å². The van der Waals surface area contributed by atoms with Crippen LogP contribution in [0.4, 0.5) is 0 Å². The molecule has 0 amide bonds. The van der Waals surface area contributed by atoms with Gasteiger partial charge < -0.3 is 4.57 Å². The number of nitrogens with zero attached hydrogens (tertiary/aromatic N) is 5. The van der Waals surface area contributed by atoms with Crippen LogP contribution in [0.1, 0.15) is 28.8 Å². The second kappa shape index (κ2) is 7.91. The van der Waals surface area contributed by atoms with Crippen molar-refractivity contribution in [3.05, 3.63) is 64.0 Å². The lowest BCUT2D eigenvalue weighted by Gasteiger charge is -2.13. The number of aromatic nitrogens is 4. The van der Waals surface area contributed by atoms with Crippen LogP contribution in [0.5, 0.6) is 0 Å². The molecule has 0 atom stereocenters. The summed E-state index contributed by atoms with van der Waals surface area (Å²) in [5.41, 5.74) is 9.59. The zero-order valence-electron chi connectivity index (χ0n) is 16.0. The molecule has 0 radical (unpaired) electrons. The lowest BCUT2D eigenvalue weighted by molar-refractivity contribution is 0.911. The van der Waals surface area contributed by atoms with Gasteiger partial charge in [0.1, 0.15) is 0 Å². The molecule has 0 aliphatic rings. The fourth-order valence-electron chi connectivity index (χ4n) is 3.52. The maximum atomic E-state index is 8.97. The van der Waals surface area contributed by atoms with Gasteiger partial charge in [-0.25, -0.2) is 15.0 Å². The van der Waals surface area contributed by atoms with Crippen molar-refractivity contribution in [2.45, 2.75) is 32.6 Å². The molecular weight excluding hydrogens is 366 g/mol. The third-order valence-electron chi connectivity index (χ3n) is 5.07. The van der Waals surface area contributed by atoms with E-state index in [1.165, 1.54) is 22.1 Å². The number of benzene rings is 1. The zero-order valence-corrected chi connectivity index (χ0v) is 16.8. The van der Waals surface area contributed by atoms with Crippen LogP contribution in [0, 0.1) is 18.3 Å². The van der Waals surface area contributed by atoms with E-state index in [0.717, 1.165) is 41.9 Å². The maximum Gasteiger partial charge on any atom is 0.0948 e. The van der Waals surface area contributed by atoms with Gasteiger partial charge in [0.05, 0.1) is 46.7 Å². The van der Waals surface area contributed by atoms with E-state index in [9.17, 15) is 0 Å². The Hall–Kier alpha value is -3.04. The van der Waals surface area contributed by atoms with Crippen LogP contribution in [0.2, 0.25) is 0 Å². The molecule has 0 N–H and O–H groups in total. The molecular formula is C22H21N5S. The molecule has 0 saturated carbocycles. The fourth-order valence-corrected chi connectivity index (χ4v) is 4.11. The first-order valence-corrected chi connectivity index (χ1v) is 10.2. The highest BCUT2D eigenvalue weighted by molar-refractivity contribution is 7.07. The van der Waals surface area contributed by atoms with E-state index in [1.807, 2.05) is 23.3 Å². The monoisotopic (exact) mass is 387 g/mol. The number of imidazole rings is 1. The number of fused-ring (bicyclic) bond motifs is 1. The van der Waals surface area contributed by atoms with Gasteiger partial charge in [-0.3, -0.25) is 0 Å². The Morgan fingerprint density at radius 2 is 2.04 bits per heavy atom. The van der Waals surface area contributed by atoms with E-state index >= 15 is 0 Å². The van der Waals surface area contributed by atoms with Crippen molar-refractivity contribution < 1.29 is 0 Å². The van der Waals surface area contributed by atoms with Gasteiger partial charge in [-0.15, -0.1) is 11.3 Å². The summed E-state index contributed by atoms with van der Waals surface area (Å²) in [5.74, 6) is 0. The summed E-state index contributed by atoms with van der Waals surface area (Å²) in [7, 11) is 1.99. The zero-order chi connectivity index (χ0) is 19.5. The third kappa shape index (κ3) is 3.67. The van der Waals surface area contributed by atoms with Crippen LogP contribution in [-0.4, -0.2) is 19.5 Å². The Labute approximate surface area is 168 Å². The summed E-state index contributed by atoms with van der Waals surface area (Å²) < 4.78 is 1.99. The molecule has 4 rings (SSSR count). The normalized spacial score (nSPS) is 11.0. The standard InChI is InChI=1S/C22H21N5S/c1-15-8-20-19(9-16(15)4-3-7-23)17(5-6-18-12-28-14-25-18)10-21(26-20)22-11-24-13-27(22)2/h8-14H,3-6H2,1-2H3. The molecule has 6 heteroatoms. The predicted octanol–water partition coefficient (Wildman–Crippen LogP) is 4.64. The minimum Gasteiger partial charge on any atom is -0.332 e. The average molecular weight is 388 g/mol. The Balaban J connectivity index is 1.82. The first kappa shape index (κ1) is 18.3. The Morgan fingerprint density at radius 1 is 1.14 bits per heavy atom. The Kier molecular flexibility index (Phi) is 5.18. The lowest BCUT2D eigenvalue weighted by atomic mass is 9.96. The van der Waals surface area contributed by atoms with E-state index in [1.54, 1.807) is 17.7 Å². The quantitative estimate of drug-likeness (QED) is 0.483. The second-order valence-corrected chi connectivity index (χ2v) is 7.71. The number of aryl methyl sites for hydroxylation is 5. The van der Waals surface area contributed by atoms with E-state index in [2.05, 4.69) is 46.5 Å². The van der Waals surface area contributed by atoms with Gasteiger partial charge in [-0.05, 0) is 61.1 Å². The van der Waals surface area contributed by atoms with Gasteiger partial charge in [0, 0.05) is 24.2 Å². The van der Waals surface area contributed by atoms with Gasteiger partial charge in [0.25, 0.3) is 0 Å². The first-order valence-electron chi connectivity index (χ1n) is 9.29. The van der Waals surface area contributed by atoms with Gasteiger partial charge in [0.2, 0.25) is 0 Å². The minimum atomic E-state index is 0.529. The van der Waals surface area contributed by atoms with E-state index in [-0.39, 0.29) is 0 Å². The molecule has 5 nitrogen and oxygen atoms in total. The van der Waals surface area contributed by atoms with Gasteiger partial charge in [-0.2, -0.15) is 5.26 Å². The molecule has 28 heavy (non-hydrogen) atoms. The summed E-state index contributed by atoms with van der Waals surface area (Å²) in [6.07, 6.45) is 6.75. The summed E-state index contributed by atoms with van der Waals surface area (Å²) in [6.45, 7) is 2.10. The molecule has 140 valence electrons. The highest BCUT2D eigenvalue weighted by atomic mass is 32.1. The van der Waals surface area contributed by atoms with Gasteiger partial charge >= 0.3 is 0 Å². The molecule has 0 unspecified atom stereocenters. The molecule has 0 bridgehead atoms. The number of rotatable bonds is 6. The van der Waals surface area contributed by atoms with Crippen molar-refractivity contribution >= 4 is 22.2 Å². The predicted molar refractivity (Wildman–Crippen MR) is 112 cm³/mol. The van der Waals surface area contributed by atoms with Crippen LogP contribution in [0.15, 0.2) is 41.6 Å². The number of nitriles is 1. The molecule has 0 spiro atoms. The summed E-state index contributed by atoms with van der Waals surface area (Å²) >= 11 is 1.63. The molecule has 0 fully saturated rings. The molecule has 0 saturated heterocycles. The highest BCUT2D eigenvalue weighted by Gasteiger charge is 2.13. The largest absolute Gasteiger partial charge is 0.332 e. The molecule has 3 heterocycles. The first-order chi connectivity index (χ1) is 13.7. The number of hydrogen-bond acceptors (Lipinski definition) is 5. The highest BCUT2D eigenvalue weighted by Crippen LogP contribution is 2.28. The van der Waals surface area contributed by atoms with Crippen LogP contribution < -0.4 is 0 Å². The smallest absolute Gasteiger partial charge is 0.0948 e. The minimum absolute atomic E-state index is 0.529. The summed E-state index contributed by atoms with van der Waals surface area (Å²) in [6, 6.07) is 8.79. The van der Waals surface area contributed by atoms with Crippen molar-refractivity contribution in [2.75, 3.05) is 0 Å². The molecule has 3 aromatic heterocycles. The lowest BCUT2D eigenvalue weighted by Crippen LogP contribution is -2.00. The molecule has 0 aliphatic carbocycles. The number of hydrogen-bond donors (Lipinski definition) is 0. The summed E-state index contributed by atoms with van der Waals surface area (Å²) in [5, 5.41) is 12.2.